The van der Waals surface area contributed by atoms with E-state index in [-0.39, 0.29) is 0 Å². The zero-order valence-electron chi connectivity index (χ0n) is 10.7. The van der Waals surface area contributed by atoms with Crippen LogP contribution in [0.25, 0.3) is 21.8 Å². The molecule has 0 aliphatic rings. The summed E-state index contributed by atoms with van der Waals surface area (Å²) in [5, 5.41) is 2.72. The first kappa shape index (κ1) is 12.9. The lowest BCUT2D eigenvalue weighted by Crippen LogP contribution is -2.00. The minimum atomic E-state index is 0.956. The monoisotopic (exact) mass is 287 g/mol. The van der Waals surface area contributed by atoms with E-state index in [0.29, 0.717) is 0 Å². The van der Waals surface area contributed by atoms with Crippen molar-refractivity contribution in [3.63, 3.8) is 0 Å². The molecule has 1 heterocycles. The van der Waals surface area contributed by atoms with Gasteiger partial charge in [0.05, 0.1) is 0 Å². The van der Waals surface area contributed by atoms with E-state index in [9.17, 15) is 0 Å². The maximum atomic E-state index is 4.26. The number of para-hydroxylation sites is 2. The zero-order valence-corrected chi connectivity index (χ0v) is 12.5. The summed E-state index contributed by atoms with van der Waals surface area (Å²) in [6.45, 7) is 1.06. The van der Waals surface area contributed by atoms with Gasteiger partial charge in [0.25, 0.3) is 0 Å². The van der Waals surface area contributed by atoms with Gasteiger partial charge in [0.15, 0.2) is 0 Å². The molecule has 0 radical (unpaired) electrons. The van der Waals surface area contributed by atoms with E-state index >= 15 is 0 Å². The second kappa shape index (κ2) is 5.93. The van der Waals surface area contributed by atoms with Crippen molar-refractivity contribution in [2.45, 2.75) is 6.54 Å². The predicted octanol–water partition coefficient (Wildman–Crippen LogP) is 4.46. The Morgan fingerprint density at radius 3 is 2.00 bits per heavy atom. The number of fused-ring (bicyclic) bond motifs is 3. The van der Waals surface area contributed by atoms with Crippen molar-refractivity contribution in [2.24, 2.45) is 0 Å². The highest BCUT2D eigenvalue weighted by Gasteiger charge is 2.08. The maximum absolute atomic E-state index is 4.26. The highest BCUT2D eigenvalue weighted by atomic mass is 32.2. The van der Waals surface area contributed by atoms with Crippen molar-refractivity contribution in [2.75, 3.05) is 17.3 Å². The Morgan fingerprint density at radius 2 is 1.42 bits per heavy atom. The number of hydrogen-bond donors (Lipinski definition) is 1. The fourth-order valence-electron chi connectivity index (χ4n) is 2.57. The van der Waals surface area contributed by atoms with Gasteiger partial charge in [-0.15, -0.1) is 0 Å². The number of rotatable bonds is 5. The largest absolute Gasteiger partial charge is 0.340 e. The summed E-state index contributed by atoms with van der Waals surface area (Å²) in [6.07, 6.45) is 0. The number of thiol groups is 1. The van der Waals surface area contributed by atoms with E-state index in [1.807, 2.05) is 11.8 Å². The molecule has 1 aromatic heterocycles. The minimum absolute atomic E-state index is 0.956. The normalized spacial score (nSPS) is 11.4. The van der Waals surface area contributed by atoms with Gasteiger partial charge in [-0.25, -0.2) is 0 Å². The van der Waals surface area contributed by atoms with Crippen LogP contribution >= 0.6 is 24.4 Å². The van der Waals surface area contributed by atoms with Gasteiger partial charge in [-0.05, 0) is 17.9 Å². The molecule has 0 aliphatic carbocycles. The molecule has 98 valence electrons. The van der Waals surface area contributed by atoms with Gasteiger partial charge >= 0.3 is 0 Å². The quantitative estimate of drug-likeness (QED) is 0.536. The molecule has 0 N–H and O–H groups in total. The number of aromatic nitrogens is 1. The summed E-state index contributed by atoms with van der Waals surface area (Å²) in [5.41, 5.74) is 2.69. The topological polar surface area (TPSA) is 4.93 Å². The first-order valence-corrected chi connectivity index (χ1v) is 8.35. The van der Waals surface area contributed by atoms with Crippen molar-refractivity contribution < 1.29 is 0 Å². The van der Waals surface area contributed by atoms with Crippen molar-refractivity contribution in [1.29, 1.82) is 0 Å². The lowest BCUT2D eigenvalue weighted by molar-refractivity contribution is 0.838. The van der Waals surface area contributed by atoms with E-state index in [4.69, 9.17) is 0 Å². The third-order valence-electron chi connectivity index (χ3n) is 3.37. The second-order valence-electron chi connectivity index (χ2n) is 4.52. The van der Waals surface area contributed by atoms with Gasteiger partial charge < -0.3 is 4.57 Å². The molecule has 0 aliphatic heterocycles. The van der Waals surface area contributed by atoms with Crippen LogP contribution in [0.4, 0.5) is 0 Å². The van der Waals surface area contributed by atoms with Crippen molar-refractivity contribution in [3.05, 3.63) is 48.5 Å². The average molecular weight is 287 g/mol. The van der Waals surface area contributed by atoms with Crippen molar-refractivity contribution in [1.82, 2.24) is 4.57 Å². The lowest BCUT2D eigenvalue weighted by atomic mass is 10.2. The molecule has 0 atom stereocenters. The lowest BCUT2D eigenvalue weighted by Gasteiger charge is -2.06. The first-order valence-electron chi connectivity index (χ1n) is 6.56. The molecule has 19 heavy (non-hydrogen) atoms. The van der Waals surface area contributed by atoms with Gasteiger partial charge in [0, 0.05) is 39.9 Å². The molecule has 3 rings (SSSR count). The minimum Gasteiger partial charge on any atom is -0.340 e. The standard InChI is InChI=1S/C16H17NS2/c18-10-12-19-11-9-17-15-7-3-1-5-13(15)14-6-2-4-8-16(14)17/h1-8,18H,9-12H2. The maximum Gasteiger partial charge on any atom is 0.0491 e. The number of thioether (sulfide) groups is 1. The summed E-state index contributed by atoms with van der Waals surface area (Å²) in [6, 6.07) is 17.4. The summed E-state index contributed by atoms with van der Waals surface area (Å²) in [5.74, 6) is 3.22. The van der Waals surface area contributed by atoms with Crippen LogP contribution in [0, 0.1) is 0 Å². The smallest absolute Gasteiger partial charge is 0.0491 e. The average Bonchev–Trinajstić information content (AvgIpc) is 2.78. The third-order valence-corrected chi connectivity index (χ3v) is 4.86. The summed E-state index contributed by atoms with van der Waals surface area (Å²) in [4.78, 5) is 0. The molecule has 0 spiro atoms. The molecule has 0 saturated heterocycles. The number of benzene rings is 2. The Labute approximate surface area is 123 Å². The number of nitrogens with zero attached hydrogens (tertiary/aromatic N) is 1. The molecule has 3 aromatic rings. The van der Waals surface area contributed by atoms with E-state index < -0.39 is 0 Å². The highest BCUT2D eigenvalue weighted by Crippen LogP contribution is 2.28. The van der Waals surface area contributed by atoms with Crippen LogP contribution in [0.3, 0.4) is 0 Å². The van der Waals surface area contributed by atoms with Crippen LogP contribution in [-0.2, 0) is 6.54 Å². The fraction of sp³-hybridized carbons (Fsp3) is 0.250. The molecule has 1 nitrogen and oxygen atoms in total. The van der Waals surface area contributed by atoms with E-state index in [1.165, 1.54) is 21.8 Å². The highest BCUT2D eigenvalue weighted by molar-refractivity contribution is 7.99. The number of hydrogen-bond acceptors (Lipinski definition) is 2. The zero-order chi connectivity index (χ0) is 13.1. The van der Waals surface area contributed by atoms with E-state index in [2.05, 4.69) is 65.7 Å². The fourth-order valence-corrected chi connectivity index (χ4v) is 3.60. The van der Waals surface area contributed by atoms with Gasteiger partial charge in [-0.2, -0.15) is 24.4 Å². The third kappa shape index (κ3) is 2.49. The van der Waals surface area contributed by atoms with Crippen LogP contribution in [0.15, 0.2) is 48.5 Å². The summed E-state index contributed by atoms with van der Waals surface area (Å²) in [7, 11) is 0. The predicted molar refractivity (Wildman–Crippen MR) is 90.6 cm³/mol. The summed E-state index contributed by atoms with van der Waals surface area (Å²) < 4.78 is 2.44. The molecular weight excluding hydrogens is 270 g/mol. The van der Waals surface area contributed by atoms with Crippen LogP contribution in [0.2, 0.25) is 0 Å². The SMILES string of the molecule is SCCSCCn1c2ccccc2c2ccccc21. The van der Waals surface area contributed by atoms with E-state index in [0.717, 1.165) is 23.8 Å². The van der Waals surface area contributed by atoms with Crippen molar-refractivity contribution >= 4 is 46.2 Å². The van der Waals surface area contributed by atoms with Gasteiger partial charge in [0.2, 0.25) is 0 Å². The number of aryl methyl sites for hydroxylation is 1. The molecular formula is C16H17NS2. The van der Waals surface area contributed by atoms with Crippen LogP contribution in [0.1, 0.15) is 0 Å². The summed E-state index contributed by atoms with van der Waals surface area (Å²) >= 11 is 6.23. The van der Waals surface area contributed by atoms with Crippen LogP contribution in [0.5, 0.6) is 0 Å². The van der Waals surface area contributed by atoms with Gasteiger partial charge in [0.1, 0.15) is 0 Å². The van der Waals surface area contributed by atoms with Crippen LogP contribution < -0.4 is 0 Å². The second-order valence-corrected chi connectivity index (χ2v) is 6.19. The molecule has 0 amide bonds. The molecule has 0 unspecified atom stereocenters. The van der Waals surface area contributed by atoms with Gasteiger partial charge in [-0.1, -0.05) is 36.4 Å². The Kier molecular flexibility index (Phi) is 4.04. The molecule has 0 fully saturated rings. The molecule has 3 heteroatoms. The molecule has 0 bridgehead atoms. The molecule has 0 saturated carbocycles. The van der Waals surface area contributed by atoms with Gasteiger partial charge in [-0.3, -0.25) is 0 Å². The van der Waals surface area contributed by atoms with E-state index in [1.54, 1.807) is 0 Å². The van der Waals surface area contributed by atoms with Crippen LogP contribution in [-0.4, -0.2) is 21.8 Å². The molecule has 2 aromatic carbocycles. The first-order chi connectivity index (χ1) is 9.42. The van der Waals surface area contributed by atoms with Crippen molar-refractivity contribution in [3.8, 4) is 0 Å². The Morgan fingerprint density at radius 1 is 0.842 bits per heavy atom. The Bertz CT molecular complexity index is 634. The Hall–Kier alpha value is -1.06. The Balaban J connectivity index is 2.04.